The van der Waals surface area contributed by atoms with E-state index in [4.69, 9.17) is 17.3 Å². The summed E-state index contributed by atoms with van der Waals surface area (Å²) in [6.45, 7) is 0. The first-order chi connectivity index (χ1) is 5.70. The molecular formula is C7H7NO2S2. The number of H-pyrrole nitrogens is 1. The van der Waals surface area contributed by atoms with Gasteiger partial charge in [-0.25, -0.2) is 0 Å². The molecule has 0 atom stereocenters. The molecule has 0 fully saturated rings. The van der Waals surface area contributed by atoms with E-state index < -0.39 is 5.97 Å². The van der Waals surface area contributed by atoms with Crippen molar-refractivity contribution in [3.8, 4) is 0 Å². The molecule has 0 spiro atoms. The number of pyridine rings is 1. The Hall–Kier alpha value is -0.810. The molecule has 1 aromatic heterocycles. The number of carboxylic acids is 1. The quantitative estimate of drug-likeness (QED) is 0.579. The summed E-state index contributed by atoms with van der Waals surface area (Å²) >= 11 is 6.19. The molecule has 0 saturated carbocycles. The lowest BCUT2D eigenvalue weighted by Gasteiger charge is -1.96. The number of hydrogen-bond acceptors (Lipinski definition) is 3. The summed E-state index contributed by atoms with van der Waals surface area (Å²) in [5.74, 6) is -0.792. The Labute approximate surface area is 78.8 Å². The van der Waals surface area contributed by atoms with E-state index in [0.29, 0.717) is 4.51 Å². The number of thioether (sulfide) groups is 1. The first-order valence-electron chi connectivity index (χ1n) is 3.22. The minimum absolute atomic E-state index is 0.0431. The van der Waals surface area contributed by atoms with Crippen molar-refractivity contribution in [2.75, 3.05) is 5.75 Å². The van der Waals surface area contributed by atoms with Crippen LogP contribution in [0.4, 0.5) is 0 Å². The van der Waals surface area contributed by atoms with Gasteiger partial charge < -0.3 is 10.1 Å². The van der Waals surface area contributed by atoms with E-state index in [1.54, 1.807) is 18.5 Å². The van der Waals surface area contributed by atoms with Crippen LogP contribution in [0.5, 0.6) is 0 Å². The summed E-state index contributed by atoms with van der Waals surface area (Å²) < 4.78 is 0.681. The van der Waals surface area contributed by atoms with Crippen LogP contribution in [0.25, 0.3) is 0 Å². The molecule has 2 N–H and O–H groups in total. The van der Waals surface area contributed by atoms with Crippen molar-refractivity contribution >= 4 is 29.9 Å². The minimum atomic E-state index is -0.835. The second kappa shape index (κ2) is 4.27. The van der Waals surface area contributed by atoms with Gasteiger partial charge in [0.2, 0.25) is 0 Å². The highest BCUT2D eigenvalue weighted by Crippen LogP contribution is 2.17. The lowest BCUT2D eigenvalue weighted by Crippen LogP contribution is -1.97. The van der Waals surface area contributed by atoms with Crippen molar-refractivity contribution in [2.45, 2.75) is 4.90 Å². The van der Waals surface area contributed by atoms with Gasteiger partial charge in [-0.3, -0.25) is 4.79 Å². The highest BCUT2D eigenvalue weighted by molar-refractivity contribution is 8.00. The van der Waals surface area contributed by atoms with Gasteiger partial charge in [0.1, 0.15) is 0 Å². The largest absolute Gasteiger partial charge is 0.481 e. The average Bonchev–Trinajstić information content (AvgIpc) is 2.03. The fourth-order valence-corrected chi connectivity index (χ4v) is 1.60. The maximum atomic E-state index is 10.2. The molecule has 0 aliphatic heterocycles. The van der Waals surface area contributed by atoms with Gasteiger partial charge in [0, 0.05) is 17.3 Å². The van der Waals surface area contributed by atoms with Crippen molar-refractivity contribution in [1.82, 2.24) is 4.98 Å². The lowest BCUT2D eigenvalue weighted by atomic mass is 10.5. The summed E-state index contributed by atoms with van der Waals surface area (Å²) in [7, 11) is 0. The Morgan fingerprint density at radius 2 is 2.50 bits per heavy atom. The van der Waals surface area contributed by atoms with Gasteiger partial charge in [-0.2, -0.15) is 0 Å². The number of carboxylic acid groups (broad SMARTS) is 1. The number of rotatable bonds is 3. The number of aromatic nitrogens is 1. The van der Waals surface area contributed by atoms with Crippen LogP contribution in [0.3, 0.4) is 0 Å². The summed E-state index contributed by atoms with van der Waals surface area (Å²) in [6.07, 6.45) is 3.42. The van der Waals surface area contributed by atoms with Crippen molar-refractivity contribution in [3.63, 3.8) is 0 Å². The second-order valence-electron chi connectivity index (χ2n) is 2.06. The van der Waals surface area contributed by atoms with Crippen LogP contribution < -0.4 is 0 Å². The Bertz CT molecular complexity index is 334. The van der Waals surface area contributed by atoms with Gasteiger partial charge >= 0.3 is 5.97 Å². The third-order valence-electron chi connectivity index (χ3n) is 1.14. The third kappa shape index (κ3) is 2.67. The zero-order valence-electron chi connectivity index (χ0n) is 6.11. The smallest absolute Gasteiger partial charge is 0.313 e. The van der Waals surface area contributed by atoms with E-state index in [-0.39, 0.29) is 5.75 Å². The molecule has 1 rings (SSSR count). The maximum Gasteiger partial charge on any atom is 0.313 e. The first-order valence-corrected chi connectivity index (χ1v) is 4.61. The Morgan fingerprint density at radius 1 is 1.75 bits per heavy atom. The van der Waals surface area contributed by atoms with Crippen LogP contribution in [0, 0.1) is 4.51 Å². The normalized spacial score (nSPS) is 9.67. The molecule has 1 heterocycles. The molecule has 12 heavy (non-hydrogen) atoms. The van der Waals surface area contributed by atoms with Crippen LogP contribution in [0.2, 0.25) is 0 Å². The molecule has 0 radical (unpaired) electrons. The van der Waals surface area contributed by atoms with E-state index in [9.17, 15) is 4.79 Å². The maximum absolute atomic E-state index is 10.2. The molecule has 0 aliphatic carbocycles. The van der Waals surface area contributed by atoms with Crippen LogP contribution in [-0.2, 0) is 4.79 Å². The van der Waals surface area contributed by atoms with Gasteiger partial charge in [0.25, 0.3) is 0 Å². The zero-order chi connectivity index (χ0) is 8.97. The monoisotopic (exact) mass is 201 g/mol. The van der Waals surface area contributed by atoms with Crippen LogP contribution >= 0.6 is 24.0 Å². The second-order valence-corrected chi connectivity index (χ2v) is 3.51. The van der Waals surface area contributed by atoms with Gasteiger partial charge in [-0.15, -0.1) is 11.8 Å². The zero-order valence-corrected chi connectivity index (χ0v) is 7.74. The molecule has 64 valence electrons. The molecule has 1 aromatic rings. The van der Waals surface area contributed by atoms with Gasteiger partial charge in [0.15, 0.2) is 0 Å². The van der Waals surface area contributed by atoms with Crippen molar-refractivity contribution in [2.24, 2.45) is 0 Å². The molecule has 0 bridgehead atoms. The number of hydrogen-bond donors (Lipinski definition) is 2. The van der Waals surface area contributed by atoms with E-state index >= 15 is 0 Å². The van der Waals surface area contributed by atoms with Crippen LogP contribution in [0.1, 0.15) is 0 Å². The van der Waals surface area contributed by atoms with Crippen molar-refractivity contribution < 1.29 is 9.90 Å². The molecule has 0 unspecified atom stereocenters. The molecule has 0 aliphatic rings. The first kappa shape index (κ1) is 9.28. The predicted molar refractivity (Wildman–Crippen MR) is 50.0 cm³/mol. The van der Waals surface area contributed by atoms with E-state index in [1.165, 1.54) is 11.8 Å². The third-order valence-corrected chi connectivity index (χ3v) is 2.66. The molecule has 3 nitrogen and oxygen atoms in total. The van der Waals surface area contributed by atoms with Crippen LogP contribution in [-0.4, -0.2) is 21.8 Å². The van der Waals surface area contributed by atoms with Gasteiger partial charge in [-0.1, -0.05) is 12.2 Å². The molecule has 0 amide bonds. The van der Waals surface area contributed by atoms with Gasteiger partial charge in [-0.05, 0) is 6.07 Å². The fraction of sp³-hybridized carbons (Fsp3) is 0.143. The Morgan fingerprint density at radius 3 is 3.08 bits per heavy atom. The minimum Gasteiger partial charge on any atom is -0.481 e. The molecule has 5 heteroatoms. The molecule has 0 saturated heterocycles. The standard InChI is InChI=1S/C7H7NO2S2/c9-7(10)4-12-6-3-8-2-1-5(6)11/h1-3H,4H2,(H,8,11)(H,9,10). The molecular weight excluding hydrogens is 194 g/mol. The molecule has 0 aromatic carbocycles. The number of nitrogens with one attached hydrogen (secondary N) is 1. The predicted octanol–water partition coefficient (Wildman–Crippen LogP) is 1.92. The van der Waals surface area contributed by atoms with E-state index in [0.717, 1.165) is 4.90 Å². The number of carbonyl (C=O) groups is 1. The summed E-state index contributed by atoms with van der Waals surface area (Å²) in [4.78, 5) is 13.9. The SMILES string of the molecule is O=C(O)CSc1c[nH]ccc1=S. The van der Waals surface area contributed by atoms with Crippen molar-refractivity contribution in [1.29, 1.82) is 0 Å². The van der Waals surface area contributed by atoms with Gasteiger partial charge in [0.05, 0.1) is 10.3 Å². The van der Waals surface area contributed by atoms with Crippen LogP contribution in [0.15, 0.2) is 23.4 Å². The highest BCUT2D eigenvalue weighted by atomic mass is 32.2. The highest BCUT2D eigenvalue weighted by Gasteiger charge is 1.99. The van der Waals surface area contributed by atoms with Crippen molar-refractivity contribution in [3.05, 3.63) is 23.0 Å². The summed E-state index contributed by atoms with van der Waals surface area (Å²) in [5, 5.41) is 8.40. The summed E-state index contributed by atoms with van der Waals surface area (Å²) in [5.41, 5.74) is 0. The van der Waals surface area contributed by atoms with E-state index in [2.05, 4.69) is 4.98 Å². The van der Waals surface area contributed by atoms with E-state index in [1.807, 2.05) is 0 Å². The summed E-state index contributed by atoms with van der Waals surface area (Å²) in [6, 6.07) is 1.74. The Kier molecular flexibility index (Phi) is 3.31. The topological polar surface area (TPSA) is 53.1 Å². The number of aliphatic carboxylic acids is 1. The lowest BCUT2D eigenvalue weighted by molar-refractivity contribution is -0.133. The average molecular weight is 201 g/mol. The fourth-order valence-electron chi connectivity index (χ4n) is 0.653. The number of aromatic amines is 1. The Balaban J connectivity index is 2.70.